The molecule has 1 aliphatic rings. The maximum Gasteiger partial charge on any atom is 0.159 e. The van der Waals surface area contributed by atoms with Gasteiger partial charge in [0.25, 0.3) is 0 Å². The maximum absolute atomic E-state index is 6.23. The summed E-state index contributed by atoms with van der Waals surface area (Å²) in [6.07, 6.45) is 2.56. The summed E-state index contributed by atoms with van der Waals surface area (Å²) in [5.41, 5.74) is 8.90. The number of nitrogens with one attached hydrogen (secondary N) is 2. The Kier molecular flexibility index (Phi) is 6.03. The lowest BCUT2D eigenvalue weighted by Gasteiger charge is -2.26. The van der Waals surface area contributed by atoms with Gasteiger partial charge in [-0.15, -0.1) is 0 Å². The SMILES string of the molecule is Cc1ccccc1Nc1ncnc(NCCCN2CCOCC2)c1N. The van der Waals surface area contributed by atoms with E-state index in [4.69, 9.17) is 10.5 Å². The van der Waals surface area contributed by atoms with E-state index >= 15 is 0 Å². The molecule has 1 aliphatic heterocycles. The molecule has 0 unspecified atom stereocenters. The predicted molar refractivity (Wildman–Crippen MR) is 101 cm³/mol. The molecule has 2 aromatic rings. The first-order chi connectivity index (χ1) is 12.2. The summed E-state index contributed by atoms with van der Waals surface area (Å²) in [6, 6.07) is 8.04. The molecule has 1 fully saturated rings. The molecule has 0 saturated carbocycles. The Morgan fingerprint density at radius 3 is 2.72 bits per heavy atom. The van der Waals surface area contributed by atoms with Crippen molar-refractivity contribution < 1.29 is 4.74 Å². The van der Waals surface area contributed by atoms with Gasteiger partial charge >= 0.3 is 0 Å². The molecule has 0 radical (unpaired) electrons. The number of ether oxygens (including phenoxy) is 1. The number of hydrogen-bond acceptors (Lipinski definition) is 7. The van der Waals surface area contributed by atoms with Crippen LogP contribution in [0.25, 0.3) is 0 Å². The van der Waals surface area contributed by atoms with Gasteiger partial charge in [-0.05, 0) is 31.5 Å². The van der Waals surface area contributed by atoms with Crippen molar-refractivity contribution in [1.82, 2.24) is 14.9 Å². The van der Waals surface area contributed by atoms with E-state index < -0.39 is 0 Å². The zero-order chi connectivity index (χ0) is 17.5. The zero-order valence-corrected chi connectivity index (χ0v) is 14.7. The summed E-state index contributed by atoms with van der Waals surface area (Å²) in [6.45, 7) is 7.61. The second-order valence-corrected chi connectivity index (χ2v) is 6.16. The molecular weight excluding hydrogens is 316 g/mol. The fraction of sp³-hybridized carbons (Fsp3) is 0.444. The minimum absolute atomic E-state index is 0.539. The molecule has 4 N–H and O–H groups in total. The largest absolute Gasteiger partial charge is 0.393 e. The maximum atomic E-state index is 6.23. The van der Waals surface area contributed by atoms with Crippen LogP contribution in [0.2, 0.25) is 0 Å². The third kappa shape index (κ3) is 4.80. The molecule has 1 aromatic carbocycles. The van der Waals surface area contributed by atoms with Gasteiger partial charge in [0.2, 0.25) is 0 Å². The summed E-state index contributed by atoms with van der Waals surface area (Å²) in [5, 5.41) is 6.60. The molecule has 7 nitrogen and oxygen atoms in total. The van der Waals surface area contributed by atoms with Crippen molar-refractivity contribution in [3.63, 3.8) is 0 Å². The standard InChI is InChI=1S/C18H26N6O/c1-14-5-2-3-6-15(14)23-18-16(19)17(21-13-22-18)20-7-4-8-24-9-11-25-12-10-24/h2-3,5-6,13H,4,7-12,19H2,1H3,(H2,20,21,22,23). The summed E-state index contributed by atoms with van der Waals surface area (Å²) in [4.78, 5) is 11.0. The van der Waals surface area contributed by atoms with Crippen molar-refractivity contribution in [2.45, 2.75) is 13.3 Å². The number of morpholine rings is 1. The molecule has 1 saturated heterocycles. The second-order valence-electron chi connectivity index (χ2n) is 6.16. The summed E-state index contributed by atoms with van der Waals surface area (Å²) < 4.78 is 5.36. The van der Waals surface area contributed by atoms with Gasteiger partial charge in [0, 0.05) is 25.3 Å². The number of nitrogen functional groups attached to an aromatic ring is 1. The monoisotopic (exact) mass is 342 g/mol. The molecule has 134 valence electrons. The van der Waals surface area contributed by atoms with Gasteiger partial charge < -0.3 is 21.1 Å². The Labute approximate surface area is 148 Å². The quantitative estimate of drug-likeness (QED) is 0.665. The Morgan fingerprint density at radius 2 is 1.92 bits per heavy atom. The van der Waals surface area contributed by atoms with Gasteiger partial charge in [0.05, 0.1) is 13.2 Å². The predicted octanol–water partition coefficient (Wildman–Crippen LogP) is 2.25. The Morgan fingerprint density at radius 1 is 1.16 bits per heavy atom. The van der Waals surface area contributed by atoms with Crippen LogP contribution < -0.4 is 16.4 Å². The van der Waals surface area contributed by atoms with Crippen molar-refractivity contribution in [2.75, 3.05) is 55.8 Å². The molecule has 25 heavy (non-hydrogen) atoms. The lowest BCUT2D eigenvalue weighted by Crippen LogP contribution is -2.37. The van der Waals surface area contributed by atoms with Crippen molar-refractivity contribution in [1.29, 1.82) is 0 Å². The van der Waals surface area contributed by atoms with Crippen LogP contribution in [0.4, 0.5) is 23.0 Å². The highest BCUT2D eigenvalue weighted by Gasteiger charge is 2.11. The van der Waals surface area contributed by atoms with E-state index in [9.17, 15) is 0 Å². The minimum Gasteiger partial charge on any atom is -0.393 e. The number of aryl methyl sites for hydroxylation is 1. The Bertz CT molecular complexity index is 687. The highest BCUT2D eigenvalue weighted by atomic mass is 16.5. The molecule has 0 spiro atoms. The molecule has 1 aromatic heterocycles. The Balaban J connectivity index is 1.54. The number of nitrogens with zero attached hydrogens (tertiary/aromatic N) is 3. The second kappa shape index (κ2) is 8.64. The molecule has 2 heterocycles. The molecule has 0 amide bonds. The number of nitrogens with two attached hydrogens (primary N) is 1. The molecule has 0 atom stereocenters. The van der Waals surface area contributed by atoms with Gasteiger partial charge in [-0.2, -0.15) is 0 Å². The molecule has 0 bridgehead atoms. The fourth-order valence-electron chi connectivity index (χ4n) is 2.81. The van der Waals surface area contributed by atoms with Crippen molar-refractivity contribution >= 4 is 23.0 Å². The van der Waals surface area contributed by atoms with Crippen LogP contribution in [0.1, 0.15) is 12.0 Å². The first kappa shape index (κ1) is 17.4. The van der Waals surface area contributed by atoms with Gasteiger partial charge in [0.15, 0.2) is 11.6 Å². The van der Waals surface area contributed by atoms with E-state index in [1.165, 1.54) is 6.33 Å². The summed E-state index contributed by atoms with van der Waals surface area (Å²) >= 11 is 0. The molecular formula is C18H26N6O. The lowest BCUT2D eigenvalue weighted by molar-refractivity contribution is 0.0378. The normalized spacial score (nSPS) is 15.1. The number of para-hydroxylation sites is 1. The Hall–Kier alpha value is -2.38. The number of anilines is 4. The minimum atomic E-state index is 0.539. The van der Waals surface area contributed by atoms with Crippen molar-refractivity contribution in [2.24, 2.45) is 0 Å². The van der Waals surface area contributed by atoms with Crippen LogP contribution >= 0.6 is 0 Å². The van der Waals surface area contributed by atoms with Gasteiger partial charge in [-0.3, -0.25) is 4.90 Å². The first-order valence-electron chi connectivity index (χ1n) is 8.71. The highest BCUT2D eigenvalue weighted by Crippen LogP contribution is 2.27. The van der Waals surface area contributed by atoms with Crippen LogP contribution in [0, 0.1) is 6.92 Å². The molecule has 3 rings (SSSR count). The van der Waals surface area contributed by atoms with Crippen LogP contribution in [0.15, 0.2) is 30.6 Å². The zero-order valence-electron chi connectivity index (χ0n) is 14.7. The van der Waals surface area contributed by atoms with Crippen LogP contribution in [-0.4, -0.2) is 54.3 Å². The average Bonchev–Trinajstić information content (AvgIpc) is 2.64. The average molecular weight is 342 g/mol. The third-order valence-corrected chi connectivity index (χ3v) is 4.33. The number of rotatable bonds is 7. The van der Waals surface area contributed by atoms with E-state index in [-0.39, 0.29) is 0 Å². The van der Waals surface area contributed by atoms with Gasteiger partial charge in [0.1, 0.15) is 12.0 Å². The van der Waals surface area contributed by atoms with Crippen LogP contribution in [-0.2, 0) is 4.74 Å². The van der Waals surface area contributed by atoms with Gasteiger partial charge in [-0.25, -0.2) is 9.97 Å². The first-order valence-corrected chi connectivity index (χ1v) is 8.71. The lowest BCUT2D eigenvalue weighted by atomic mass is 10.2. The number of hydrogen-bond donors (Lipinski definition) is 3. The van der Waals surface area contributed by atoms with E-state index in [0.717, 1.165) is 57.1 Å². The molecule has 7 heteroatoms. The summed E-state index contributed by atoms with van der Waals surface area (Å²) in [7, 11) is 0. The van der Waals surface area contributed by atoms with E-state index in [1.54, 1.807) is 0 Å². The third-order valence-electron chi connectivity index (χ3n) is 4.33. The van der Waals surface area contributed by atoms with E-state index in [0.29, 0.717) is 17.3 Å². The van der Waals surface area contributed by atoms with Crippen LogP contribution in [0.5, 0.6) is 0 Å². The van der Waals surface area contributed by atoms with Crippen molar-refractivity contribution in [3.05, 3.63) is 36.2 Å². The van der Waals surface area contributed by atoms with E-state index in [2.05, 4.69) is 25.5 Å². The summed E-state index contributed by atoms with van der Waals surface area (Å²) in [5.74, 6) is 1.30. The topological polar surface area (TPSA) is 88.3 Å². The van der Waals surface area contributed by atoms with Crippen molar-refractivity contribution in [3.8, 4) is 0 Å². The fourth-order valence-corrected chi connectivity index (χ4v) is 2.81. The number of aromatic nitrogens is 2. The number of benzene rings is 1. The van der Waals surface area contributed by atoms with Gasteiger partial charge in [-0.1, -0.05) is 18.2 Å². The van der Waals surface area contributed by atoms with E-state index in [1.807, 2.05) is 31.2 Å². The smallest absolute Gasteiger partial charge is 0.159 e. The highest BCUT2D eigenvalue weighted by molar-refractivity contribution is 5.78. The van der Waals surface area contributed by atoms with Crippen LogP contribution in [0.3, 0.4) is 0 Å². The molecule has 0 aliphatic carbocycles.